The largest absolute Gasteiger partial charge is 0.328 e. The summed E-state index contributed by atoms with van der Waals surface area (Å²) < 4.78 is 31.4. The van der Waals surface area contributed by atoms with Crippen molar-refractivity contribution in [2.45, 2.75) is 49.6 Å². The molecule has 1 saturated carbocycles. The lowest BCUT2D eigenvalue weighted by Crippen LogP contribution is -2.34. The van der Waals surface area contributed by atoms with Gasteiger partial charge in [-0.05, 0) is 69.8 Å². The zero-order chi connectivity index (χ0) is 18.5. The Morgan fingerprint density at radius 1 is 1.23 bits per heavy atom. The Bertz CT molecular complexity index is 995. The molecule has 4 rings (SSSR count). The molecule has 7 nitrogen and oxygen atoms in total. The second kappa shape index (κ2) is 6.21. The summed E-state index contributed by atoms with van der Waals surface area (Å²) in [5, 5.41) is 3.34. The van der Waals surface area contributed by atoms with Crippen molar-refractivity contribution in [1.82, 2.24) is 19.2 Å². The number of hydrogen-bond donors (Lipinski definition) is 2. The van der Waals surface area contributed by atoms with Gasteiger partial charge in [0.15, 0.2) is 0 Å². The number of hydrogen-bond acceptors (Lipinski definition) is 4. The van der Waals surface area contributed by atoms with Crippen LogP contribution >= 0.6 is 0 Å². The second-order valence-corrected chi connectivity index (χ2v) is 9.64. The molecular formula is C18H26N4O3S. The number of aromatic nitrogens is 2. The Morgan fingerprint density at radius 2 is 1.92 bits per heavy atom. The Morgan fingerprint density at radius 3 is 2.58 bits per heavy atom. The summed E-state index contributed by atoms with van der Waals surface area (Å²) in [6.45, 7) is 4.56. The smallest absolute Gasteiger partial charge is 0.317 e. The average Bonchev–Trinajstić information content (AvgIpc) is 3.29. The normalized spacial score (nSPS) is 20.5. The molecule has 2 N–H and O–H groups in total. The van der Waals surface area contributed by atoms with Crippen LogP contribution in [0.4, 0.5) is 0 Å². The lowest BCUT2D eigenvalue weighted by Gasteiger charge is -2.22. The Hall–Kier alpha value is -1.64. The first-order chi connectivity index (χ1) is 12.3. The zero-order valence-corrected chi connectivity index (χ0v) is 16.1. The summed E-state index contributed by atoms with van der Waals surface area (Å²) >= 11 is 0. The highest BCUT2D eigenvalue weighted by atomic mass is 32.2. The molecule has 1 saturated heterocycles. The first-order valence-corrected chi connectivity index (χ1v) is 10.7. The van der Waals surface area contributed by atoms with Crippen LogP contribution in [-0.2, 0) is 23.6 Å². The molecule has 2 heterocycles. The maximum atomic E-state index is 12.7. The number of piperidine rings is 1. The molecule has 1 aliphatic carbocycles. The van der Waals surface area contributed by atoms with Gasteiger partial charge in [0.2, 0.25) is 10.0 Å². The topological polar surface area (TPSA) is 85.1 Å². The average molecular weight is 378 g/mol. The van der Waals surface area contributed by atoms with E-state index in [-0.39, 0.29) is 16.1 Å². The first kappa shape index (κ1) is 17.8. The Kier molecular flexibility index (Phi) is 4.24. The Labute approximate surface area is 153 Å². The van der Waals surface area contributed by atoms with E-state index in [4.69, 9.17) is 0 Å². The molecule has 0 atom stereocenters. The number of nitrogens with zero attached hydrogens (tertiary/aromatic N) is 2. The van der Waals surface area contributed by atoms with Crippen molar-refractivity contribution in [2.75, 3.05) is 13.1 Å². The van der Waals surface area contributed by atoms with E-state index in [0.29, 0.717) is 18.0 Å². The Balaban J connectivity index is 1.70. The maximum Gasteiger partial charge on any atom is 0.328 e. The fraction of sp³-hybridized carbons (Fsp3) is 0.611. The number of sulfonamides is 1. The van der Waals surface area contributed by atoms with Crippen molar-refractivity contribution in [3.8, 4) is 0 Å². The van der Waals surface area contributed by atoms with Crippen LogP contribution in [0.15, 0.2) is 27.9 Å². The number of benzene rings is 1. The molecule has 0 bridgehead atoms. The molecule has 0 unspecified atom stereocenters. The number of aryl methyl sites for hydroxylation is 1. The number of rotatable bonds is 5. The third kappa shape index (κ3) is 3.21. The third-order valence-corrected chi connectivity index (χ3v) is 7.34. The van der Waals surface area contributed by atoms with Crippen molar-refractivity contribution < 1.29 is 8.42 Å². The first-order valence-electron chi connectivity index (χ1n) is 9.23. The van der Waals surface area contributed by atoms with Crippen LogP contribution in [0.5, 0.6) is 0 Å². The fourth-order valence-corrected chi connectivity index (χ4v) is 5.21. The van der Waals surface area contributed by atoms with Gasteiger partial charge in [-0.3, -0.25) is 9.13 Å². The summed E-state index contributed by atoms with van der Waals surface area (Å²) in [7, 11) is -1.87. The van der Waals surface area contributed by atoms with E-state index in [1.54, 1.807) is 34.4 Å². The molecule has 2 fully saturated rings. The van der Waals surface area contributed by atoms with Gasteiger partial charge in [0.25, 0.3) is 0 Å². The van der Waals surface area contributed by atoms with Crippen molar-refractivity contribution in [3.05, 3.63) is 28.7 Å². The third-order valence-electron chi connectivity index (χ3n) is 5.71. The number of nitrogens with one attached hydrogen (secondary N) is 2. The van der Waals surface area contributed by atoms with Crippen molar-refractivity contribution in [2.24, 2.45) is 13.0 Å². The highest BCUT2D eigenvalue weighted by Gasteiger charge is 2.41. The summed E-state index contributed by atoms with van der Waals surface area (Å²) in [5.41, 5.74) is 1.05. The second-order valence-electron chi connectivity index (χ2n) is 7.96. The van der Waals surface area contributed by atoms with E-state index >= 15 is 0 Å². The molecule has 1 aliphatic heterocycles. The molecule has 142 valence electrons. The van der Waals surface area contributed by atoms with E-state index < -0.39 is 10.0 Å². The minimum atomic E-state index is -3.58. The van der Waals surface area contributed by atoms with Crippen LogP contribution in [0.25, 0.3) is 11.0 Å². The lowest BCUT2D eigenvalue weighted by molar-refractivity contribution is 0.332. The maximum absolute atomic E-state index is 12.7. The molecule has 0 spiro atoms. The molecule has 1 aromatic heterocycles. The van der Waals surface area contributed by atoms with E-state index in [1.807, 2.05) is 6.92 Å². The van der Waals surface area contributed by atoms with Crippen molar-refractivity contribution >= 4 is 21.1 Å². The quantitative estimate of drug-likeness (QED) is 0.818. The van der Waals surface area contributed by atoms with Gasteiger partial charge >= 0.3 is 5.69 Å². The predicted octanol–water partition coefficient (Wildman–Crippen LogP) is 1.17. The monoisotopic (exact) mass is 378 g/mol. The van der Waals surface area contributed by atoms with Gasteiger partial charge in [-0.15, -0.1) is 0 Å². The van der Waals surface area contributed by atoms with E-state index in [2.05, 4.69) is 10.0 Å². The van der Waals surface area contributed by atoms with Gasteiger partial charge in [-0.2, -0.15) is 0 Å². The van der Waals surface area contributed by atoms with Crippen molar-refractivity contribution in [3.63, 3.8) is 0 Å². The summed E-state index contributed by atoms with van der Waals surface area (Å²) in [6, 6.07) is 4.99. The van der Waals surface area contributed by atoms with Gasteiger partial charge < -0.3 is 5.32 Å². The highest BCUT2D eigenvalue weighted by Crippen LogP contribution is 2.36. The molecule has 0 radical (unpaired) electrons. The molecule has 2 aliphatic rings. The van der Waals surface area contributed by atoms with Gasteiger partial charge in [0.05, 0.1) is 15.9 Å². The van der Waals surface area contributed by atoms with E-state index in [0.717, 1.165) is 44.3 Å². The molecule has 1 aromatic carbocycles. The van der Waals surface area contributed by atoms with E-state index in [9.17, 15) is 13.2 Å². The fourth-order valence-electron chi connectivity index (χ4n) is 3.73. The van der Waals surface area contributed by atoms with Crippen LogP contribution in [0.2, 0.25) is 0 Å². The number of imidazole rings is 1. The van der Waals surface area contributed by atoms with Gasteiger partial charge in [0.1, 0.15) is 0 Å². The summed E-state index contributed by atoms with van der Waals surface area (Å²) in [4.78, 5) is 12.9. The molecule has 0 amide bonds. The molecule has 2 aromatic rings. The SMILES string of the molecule is Cn1c(=O)n(CC2CCNCC2)c2ccc(S(=O)(=O)NC3(C)CC3)cc21. The highest BCUT2D eigenvalue weighted by molar-refractivity contribution is 7.89. The minimum Gasteiger partial charge on any atom is -0.317 e. The molecule has 26 heavy (non-hydrogen) atoms. The number of fused-ring (bicyclic) bond motifs is 1. The van der Waals surface area contributed by atoms with Gasteiger partial charge in [-0.1, -0.05) is 0 Å². The predicted molar refractivity (Wildman–Crippen MR) is 101 cm³/mol. The summed E-state index contributed by atoms with van der Waals surface area (Å²) in [5.74, 6) is 0.472. The van der Waals surface area contributed by atoms with Crippen molar-refractivity contribution in [1.29, 1.82) is 0 Å². The zero-order valence-electron chi connectivity index (χ0n) is 15.3. The van der Waals surface area contributed by atoms with Crippen LogP contribution in [0.1, 0.15) is 32.6 Å². The molecular weight excluding hydrogens is 352 g/mol. The van der Waals surface area contributed by atoms with E-state index in [1.165, 1.54) is 0 Å². The van der Waals surface area contributed by atoms with Crippen LogP contribution in [0.3, 0.4) is 0 Å². The van der Waals surface area contributed by atoms with Crippen LogP contribution in [0, 0.1) is 5.92 Å². The van der Waals surface area contributed by atoms with Gasteiger partial charge in [-0.25, -0.2) is 17.9 Å². The lowest BCUT2D eigenvalue weighted by atomic mass is 9.98. The van der Waals surface area contributed by atoms with Crippen LogP contribution in [-0.4, -0.2) is 36.2 Å². The summed E-state index contributed by atoms with van der Waals surface area (Å²) in [6.07, 6.45) is 3.83. The minimum absolute atomic E-state index is 0.0878. The molecule has 8 heteroatoms. The van der Waals surface area contributed by atoms with Crippen LogP contribution < -0.4 is 15.7 Å². The standard InChI is InChI=1S/C18H26N4O3S/c1-18(7-8-18)20-26(24,25)14-3-4-15-16(11-14)21(2)17(23)22(15)12-13-5-9-19-10-6-13/h3-4,11,13,19-20H,5-10,12H2,1-2H3. The van der Waals surface area contributed by atoms with Gasteiger partial charge in [0, 0.05) is 19.1 Å².